The van der Waals surface area contributed by atoms with Crippen LogP contribution in [0.5, 0.6) is 0 Å². The summed E-state index contributed by atoms with van der Waals surface area (Å²) in [5, 5.41) is 13.9. The summed E-state index contributed by atoms with van der Waals surface area (Å²) in [6.07, 6.45) is 0. The maximum atomic E-state index is 12.8. The second-order valence-corrected chi connectivity index (χ2v) is 8.05. The summed E-state index contributed by atoms with van der Waals surface area (Å²) >= 11 is 0. The lowest BCUT2D eigenvalue weighted by Crippen LogP contribution is -2.33. The van der Waals surface area contributed by atoms with Gasteiger partial charge in [-0.15, -0.1) is 0 Å². The highest BCUT2D eigenvalue weighted by Crippen LogP contribution is 2.23. The molecule has 4 rings (SSSR count). The van der Waals surface area contributed by atoms with Gasteiger partial charge in [-0.1, -0.05) is 72.8 Å². The second-order valence-electron chi connectivity index (χ2n) is 8.05. The molecule has 3 aromatic carbocycles. The van der Waals surface area contributed by atoms with Crippen LogP contribution in [0.1, 0.15) is 41.3 Å². The van der Waals surface area contributed by atoms with Crippen LogP contribution in [0.3, 0.4) is 0 Å². The van der Waals surface area contributed by atoms with Crippen molar-refractivity contribution in [3.05, 3.63) is 107 Å². The van der Waals surface area contributed by atoms with Crippen LogP contribution in [0, 0.1) is 6.92 Å². The van der Waals surface area contributed by atoms with E-state index in [2.05, 4.69) is 59.3 Å². The Morgan fingerprint density at radius 3 is 2.32 bits per heavy atom. The zero-order chi connectivity index (χ0) is 21.8. The summed E-state index contributed by atoms with van der Waals surface area (Å²) in [5.41, 5.74) is 5.51. The zero-order valence-corrected chi connectivity index (χ0v) is 18.0. The van der Waals surface area contributed by atoms with E-state index in [4.69, 9.17) is 0 Å². The fourth-order valence-corrected chi connectivity index (χ4v) is 4.02. The number of carbonyl (C=O) groups excluding carboxylic acids is 1. The fourth-order valence-electron chi connectivity index (χ4n) is 4.02. The minimum Gasteiger partial charge on any atom is -0.394 e. The Balaban J connectivity index is 1.46. The van der Waals surface area contributed by atoms with Crippen LogP contribution in [0.25, 0.3) is 10.9 Å². The van der Waals surface area contributed by atoms with Crippen molar-refractivity contribution >= 4 is 16.8 Å². The first-order chi connectivity index (χ1) is 15.1. The fraction of sp³-hybridized carbons (Fsp3) is 0.222. The maximum absolute atomic E-state index is 12.8. The van der Waals surface area contributed by atoms with Gasteiger partial charge in [0.1, 0.15) is 0 Å². The third-order valence-electron chi connectivity index (χ3n) is 5.93. The molecule has 1 aromatic heterocycles. The number of benzene rings is 3. The molecule has 1 unspecified atom stereocenters. The van der Waals surface area contributed by atoms with E-state index in [1.54, 1.807) is 0 Å². The third-order valence-corrected chi connectivity index (χ3v) is 5.93. The van der Waals surface area contributed by atoms with Crippen LogP contribution >= 0.6 is 0 Å². The Hall–Kier alpha value is -3.37. The third kappa shape index (κ3) is 4.54. The predicted molar refractivity (Wildman–Crippen MR) is 125 cm³/mol. The van der Waals surface area contributed by atoms with Crippen LogP contribution in [-0.4, -0.2) is 22.2 Å². The molecule has 0 radical (unpaired) electrons. The highest BCUT2D eigenvalue weighted by atomic mass is 16.3. The lowest BCUT2D eigenvalue weighted by molar-refractivity contribution is -0.123. The summed E-state index contributed by atoms with van der Waals surface area (Å²) in [7, 11) is 0. The highest BCUT2D eigenvalue weighted by molar-refractivity contribution is 5.83. The lowest BCUT2D eigenvalue weighted by atomic mass is 9.98. The normalized spacial score (nSPS) is 13.1. The standard InChI is InChI=1S/C27H28N2O2/c1-19-16-24-10-6-7-11-26(24)29(19)17-21-12-14-22(15-13-21)20(2)27(31)28-25(18-30)23-8-4-3-5-9-23/h3-16,20,25,30H,17-18H2,1-2H3,(H,28,31)/t20?,25-/m0/s1. The number of amides is 1. The number of fused-ring (bicyclic) bond motifs is 1. The van der Waals surface area contributed by atoms with Gasteiger partial charge in [0, 0.05) is 17.8 Å². The largest absolute Gasteiger partial charge is 0.394 e. The summed E-state index contributed by atoms with van der Waals surface area (Å²) in [6.45, 7) is 4.69. The number of nitrogens with zero attached hydrogens (tertiary/aromatic N) is 1. The van der Waals surface area contributed by atoms with E-state index in [1.807, 2.05) is 49.4 Å². The molecule has 2 N–H and O–H groups in total. The molecule has 0 fully saturated rings. The van der Waals surface area contributed by atoms with Crippen molar-refractivity contribution in [3.8, 4) is 0 Å². The van der Waals surface area contributed by atoms with E-state index in [1.165, 1.54) is 22.2 Å². The van der Waals surface area contributed by atoms with Gasteiger partial charge in [-0.2, -0.15) is 0 Å². The van der Waals surface area contributed by atoms with Gasteiger partial charge in [0.15, 0.2) is 0 Å². The summed E-state index contributed by atoms with van der Waals surface area (Å²) in [5.74, 6) is -0.399. The number of rotatable bonds is 7. The molecular formula is C27H28N2O2. The quantitative estimate of drug-likeness (QED) is 0.451. The number of aromatic nitrogens is 1. The zero-order valence-electron chi connectivity index (χ0n) is 18.0. The Morgan fingerprint density at radius 2 is 1.61 bits per heavy atom. The van der Waals surface area contributed by atoms with Gasteiger partial charge >= 0.3 is 0 Å². The van der Waals surface area contributed by atoms with E-state index in [0.29, 0.717) is 0 Å². The Labute approximate surface area is 183 Å². The molecule has 1 amide bonds. The number of carbonyl (C=O) groups is 1. The smallest absolute Gasteiger partial charge is 0.227 e. The first kappa shape index (κ1) is 20.9. The monoisotopic (exact) mass is 412 g/mol. The number of aliphatic hydroxyl groups excluding tert-OH is 1. The van der Waals surface area contributed by atoms with Crippen LogP contribution in [-0.2, 0) is 11.3 Å². The molecule has 31 heavy (non-hydrogen) atoms. The summed E-state index contributed by atoms with van der Waals surface area (Å²) < 4.78 is 2.31. The molecule has 4 nitrogen and oxygen atoms in total. The number of hydrogen-bond donors (Lipinski definition) is 2. The van der Waals surface area contributed by atoms with Crippen molar-refractivity contribution < 1.29 is 9.90 Å². The number of aryl methyl sites for hydroxylation is 1. The van der Waals surface area contributed by atoms with Crippen molar-refractivity contribution in [2.24, 2.45) is 0 Å². The van der Waals surface area contributed by atoms with E-state index < -0.39 is 6.04 Å². The van der Waals surface area contributed by atoms with Gasteiger partial charge < -0.3 is 15.0 Å². The van der Waals surface area contributed by atoms with Gasteiger partial charge in [0.2, 0.25) is 5.91 Å². The van der Waals surface area contributed by atoms with E-state index in [-0.39, 0.29) is 18.4 Å². The topological polar surface area (TPSA) is 54.3 Å². The van der Waals surface area contributed by atoms with Gasteiger partial charge in [-0.05, 0) is 48.1 Å². The minimum atomic E-state index is -0.402. The molecule has 2 atom stereocenters. The maximum Gasteiger partial charge on any atom is 0.227 e. The molecular weight excluding hydrogens is 384 g/mol. The van der Waals surface area contributed by atoms with Gasteiger partial charge in [0.05, 0.1) is 18.6 Å². The Morgan fingerprint density at radius 1 is 0.935 bits per heavy atom. The molecule has 1 heterocycles. The molecule has 0 bridgehead atoms. The second kappa shape index (κ2) is 9.19. The SMILES string of the molecule is Cc1cc2ccccc2n1Cc1ccc(C(C)C(=O)N[C@@H](CO)c2ccccc2)cc1. The first-order valence-electron chi connectivity index (χ1n) is 10.7. The Kier molecular flexibility index (Phi) is 6.19. The molecule has 158 valence electrons. The van der Waals surface area contributed by atoms with Gasteiger partial charge in [-0.25, -0.2) is 0 Å². The van der Waals surface area contributed by atoms with Crippen molar-refractivity contribution in [1.82, 2.24) is 9.88 Å². The molecule has 0 spiro atoms. The average molecular weight is 413 g/mol. The van der Waals surface area contributed by atoms with E-state index >= 15 is 0 Å². The van der Waals surface area contributed by atoms with Crippen LogP contribution in [0.15, 0.2) is 84.9 Å². The number of nitrogens with one attached hydrogen (secondary N) is 1. The number of hydrogen-bond acceptors (Lipinski definition) is 2. The molecule has 0 aliphatic rings. The average Bonchev–Trinajstić information content (AvgIpc) is 3.13. The van der Waals surface area contributed by atoms with Crippen molar-refractivity contribution in [2.45, 2.75) is 32.4 Å². The molecule has 4 heteroatoms. The van der Waals surface area contributed by atoms with Crippen molar-refractivity contribution in [1.29, 1.82) is 0 Å². The minimum absolute atomic E-state index is 0.0945. The Bertz CT molecular complexity index is 1160. The van der Waals surface area contributed by atoms with Gasteiger partial charge in [-0.3, -0.25) is 4.79 Å². The molecule has 0 saturated heterocycles. The van der Waals surface area contributed by atoms with Crippen LogP contribution in [0.2, 0.25) is 0 Å². The molecule has 0 aliphatic heterocycles. The first-order valence-corrected chi connectivity index (χ1v) is 10.7. The van der Waals surface area contributed by atoms with Crippen molar-refractivity contribution in [2.75, 3.05) is 6.61 Å². The summed E-state index contributed by atoms with van der Waals surface area (Å²) in [6, 6.07) is 28.0. The van der Waals surface area contributed by atoms with Crippen molar-refractivity contribution in [3.63, 3.8) is 0 Å². The van der Waals surface area contributed by atoms with E-state index in [0.717, 1.165) is 17.7 Å². The van der Waals surface area contributed by atoms with Gasteiger partial charge in [0.25, 0.3) is 0 Å². The number of para-hydroxylation sites is 1. The molecule has 0 aliphatic carbocycles. The van der Waals surface area contributed by atoms with Crippen LogP contribution < -0.4 is 5.32 Å². The number of aliphatic hydroxyl groups is 1. The molecule has 0 saturated carbocycles. The predicted octanol–water partition coefficient (Wildman–Crippen LogP) is 4.95. The lowest BCUT2D eigenvalue weighted by Gasteiger charge is -2.20. The highest BCUT2D eigenvalue weighted by Gasteiger charge is 2.20. The molecule has 4 aromatic rings. The summed E-state index contributed by atoms with van der Waals surface area (Å²) in [4.78, 5) is 12.8. The van der Waals surface area contributed by atoms with Crippen LogP contribution in [0.4, 0.5) is 0 Å². The van der Waals surface area contributed by atoms with E-state index in [9.17, 15) is 9.90 Å².